The number of hydrogen-bond donors (Lipinski definition) is 1. The molecular weight excluding hydrogens is 325 g/mol. The number of anilines is 1. The Hall–Kier alpha value is -1.88. The lowest BCUT2D eigenvalue weighted by atomic mass is 10.1. The number of amides is 1. The number of nitrogens with one attached hydrogen (secondary N) is 1. The second-order valence-corrected chi connectivity index (χ2v) is 5.12. The van der Waals surface area contributed by atoms with Crippen molar-refractivity contribution in [3.8, 4) is 5.75 Å². The van der Waals surface area contributed by atoms with Crippen molar-refractivity contribution in [2.75, 3.05) is 12.4 Å². The summed E-state index contributed by atoms with van der Waals surface area (Å²) >= 11 is 3.35. The first-order chi connectivity index (χ1) is 9.51. The van der Waals surface area contributed by atoms with E-state index in [9.17, 15) is 9.18 Å². The highest BCUT2D eigenvalue weighted by Gasteiger charge is 2.09. The molecule has 0 fully saturated rings. The standard InChI is InChI=1S/C15H13BrFNO2/c1-9-7-10(3-5-13(9)17)15(19)18-11-4-6-14(20-2)12(16)8-11/h3-8H,1-2H3,(H,18,19). The highest BCUT2D eigenvalue weighted by molar-refractivity contribution is 9.10. The van der Waals surface area contributed by atoms with Gasteiger partial charge in [-0.3, -0.25) is 4.79 Å². The molecule has 3 nitrogen and oxygen atoms in total. The zero-order chi connectivity index (χ0) is 14.7. The number of hydrogen-bond acceptors (Lipinski definition) is 2. The molecule has 104 valence electrons. The maximum absolute atomic E-state index is 13.2. The first-order valence-electron chi connectivity index (χ1n) is 5.92. The molecule has 0 bridgehead atoms. The summed E-state index contributed by atoms with van der Waals surface area (Å²) in [5, 5.41) is 2.75. The summed E-state index contributed by atoms with van der Waals surface area (Å²) in [7, 11) is 1.57. The number of methoxy groups -OCH3 is 1. The molecule has 20 heavy (non-hydrogen) atoms. The zero-order valence-electron chi connectivity index (χ0n) is 11.0. The highest BCUT2D eigenvalue weighted by Crippen LogP contribution is 2.27. The molecule has 2 aromatic rings. The van der Waals surface area contributed by atoms with Gasteiger partial charge in [-0.05, 0) is 64.8 Å². The van der Waals surface area contributed by atoms with Crippen LogP contribution in [0.25, 0.3) is 0 Å². The molecule has 0 heterocycles. The van der Waals surface area contributed by atoms with Gasteiger partial charge >= 0.3 is 0 Å². The van der Waals surface area contributed by atoms with E-state index in [1.165, 1.54) is 18.2 Å². The van der Waals surface area contributed by atoms with E-state index >= 15 is 0 Å². The van der Waals surface area contributed by atoms with Gasteiger partial charge in [0.05, 0.1) is 11.6 Å². The van der Waals surface area contributed by atoms with Gasteiger partial charge in [0, 0.05) is 11.3 Å². The van der Waals surface area contributed by atoms with Crippen molar-refractivity contribution in [3.63, 3.8) is 0 Å². The predicted molar refractivity (Wildman–Crippen MR) is 79.8 cm³/mol. The molecule has 2 aromatic carbocycles. The number of benzene rings is 2. The van der Waals surface area contributed by atoms with Crippen LogP contribution >= 0.6 is 15.9 Å². The molecule has 0 aliphatic rings. The Morgan fingerprint density at radius 1 is 1.25 bits per heavy atom. The van der Waals surface area contributed by atoms with Crippen LogP contribution in [0.3, 0.4) is 0 Å². The molecule has 2 rings (SSSR count). The Morgan fingerprint density at radius 2 is 2.00 bits per heavy atom. The number of carbonyl (C=O) groups is 1. The van der Waals surface area contributed by atoms with Crippen molar-refractivity contribution in [1.82, 2.24) is 0 Å². The fraction of sp³-hybridized carbons (Fsp3) is 0.133. The number of rotatable bonds is 3. The minimum absolute atomic E-state index is 0.287. The molecule has 0 saturated heterocycles. The van der Waals surface area contributed by atoms with Gasteiger partial charge in [-0.25, -0.2) is 4.39 Å². The van der Waals surface area contributed by atoms with E-state index in [-0.39, 0.29) is 11.7 Å². The summed E-state index contributed by atoms with van der Waals surface area (Å²) < 4.78 is 19.0. The topological polar surface area (TPSA) is 38.3 Å². The quantitative estimate of drug-likeness (QED) is 0.913. The fourth-order valence-corrected chi connectivity index (χ4v) is 2.27. The smallest absolute Gasteiger partial charge is 0.255 e. The van der Waals surface area contributed by atoms with E-state index in [4.69, 9.17) is 4.74 Å². The van der Waals surface area contributed by atoms with Gasteiger partial charge in [-0.15, -0.1) is 0 Å². The van der Waals surface area contributed by atoms with Crippen LogP contribution in [-0.4, -0.2) is 13.0 Å². The van der Waals surface area contributed by atoms with E-state index in [1.807, 2.05) is 0 Å². The molecule has 0 atom stereocenters. The second kappa shape index (κ2) is 6.05. The Morgan fingerprint density at radius 3 is 2.60 bits per heavy atom. The van der Waals surface area contributed by atoms with Crippen molar-refractivity contribution >= 4 is 27.5 Å². The molecule has 0 unspecified atom stereocenters. The highest BCUT2D eigenvalue weighted by atomic mass is 79.9. The summed E-state index contributed by atoms with van der Waals surface area (Å²) in [6, 6.07) is 9.48. The second-order valence-electron chi connectivity index (χ2n) is 4.27. The van der Waals surface area contributed by atoms with Crippen molar-refractivity contribution < 1.29 is 13.9 Å². The first-order valence-corrected chi connectivity index (χ1v) is 6.71. The minimum Gasteiger partial charge on any atom is -0.496 e. The maximum atomic E-state index is 13.2. The van der Waals surface area contributed by atoms with E-state index in [1.54, 1.807) is 32.2 Å². The van der Waals surface area contributed by atoms with Crippen LogP contribution < -0.4 is 10.1 Å². The summed E-state index contributed by atoms with van der Waals surface area (Å²) in [6.07, 6.45) is 0. The van der Waals surface area contributed by atoms with E-state index in [0.29, 0.717) is 22.6 Å². The lowest BCUT2D eigenvalue weighted by molar-refractivity contribution is 0.102. The van der Waals surface area contributed by atoms with Gasteiger partial charge < -0.3 is 10.1 Å². The summed E-state index contributed by atoms with van der Waals surface area (Å²) in [5.41, 5.74) is 1.48. The Bertz CT molecular complexity index is 658. The third-order valence-corrected chi connectivity index (χ3v) is 3.45. The van der Waals surface area contributed by atoms with Gasteiger partial charge in [-0.2, -0.15) is 0 Å². The molecule has 0 aliphatic heterocycles. The maximum Gasteiger partial charge on any atom is 0.255 e. The van der Waals surface area contributed by atoms with Crippen LogP contribution in [0.4, 0.5) is 10.1 Å². The lowest BCUT2D eigenvalue weighted by Crippen LogP contribution is -2.12. The average Bonchev–Trinajstić information content (AvgIpc) is 2.42. The normalized spacial score (nSPS) is 10.2. The van der Waals surface area contributed by atoms with Crippen molar-refractivity contribution in [2.24, 2.45) is 0 Å². The molecule has 0 aliphatic carbocycles. The van der Waals surface area contributed by atoms with Gasteiger partial charge in [0.2, 0.25) is 0 Å². The van der Waals surface area contributed by atoms with E-state index in [2.05, 4.69) is 21.2 Å². The number of carbonyl (C=O) groups excluding carboxylic acids is 1. The van der Waals surface area contributed by atoms with Crippen LogP contribution in [0.1, 0.15) is 15.9 Å². The van der Waals surface area contributed by atoms with Crippen molar-refractivity contribution in [2.45, 2.75) is 6.92 Å². The van der Waals surface area contributed by atoms with Gasteiger partial charge in [0.1, 0.15) is 11.6 Å². The number of aryl methyl sites for hydroxylation is 1. The first kappa shape index (κ1) is 14.5. The molecule has 0 radical (unpaired) electrons. The lowest BCUT2D eigenvalue weighted by Gasteiger charge is -2.09. The molecular formula is C15H13BrFNO2. The van der Waals surface area contributed by atoms with Crippen molar-refractivity contribution in [1.29, 1.82) is 0 Å². The van der Waals surface area contributed by atoms with Crippen LogP contribution in [0.15, 0.2) is 40.9 Å². The third-order valence-electron chi connectivity index (χ3n) is 2.83. The van der Waals surface area contributed by atoms with Crippen LogP contribution in [0.5, 0.6) is 5.75 Å². The van der Waals surface area contributed by atoms with Crippen molar-refractivity contribution in [3.05, 3.63) is 57.8 Å². The number of halogens is 2. The molecule has 1 amide bonds. The summed E-state index contributed by atoms with van der Waals surface area (Å²) in [4.78, 5) is 12.1. The number of ether oxygens (including phenoxy) is 1. The van der Waals surface area contributed by atoms with E-state index < -0.39 is 0 Å². The predicted octanol–water partition coefficient (Wildman–Crippen LogP) is 4.16. The minimum atomic E-state index is -0.325. The van der Waals surface area contributed by atoms with Gasteiger partial charge in [0.25, 0.3) is 5.91 Å². The molecule has 0 aromatic heterocycles. The Balaban J connectivity index is 2.19. The van der Waals surface area contributed by atoms with Gasteiger partial charge in [0.15, 0.2) is 0 Å². The molecule has 0 spiro atoms. The largest absolute Gasteiger partial charge is 0.496 e. The third kappa shape index (κ3) is 3.17. The molecule has 5 heteroatoms. The SMILES string of the molecule is COc1ccc(NC(=O)c2ccc(F)c(C)c2)cc1Br. The zero-order valence-corrected chi connectivity index (χ0v) is 12.6. The van der Waals surface area contributed by atoms with Crippen LogP contribution in [0, 0.1) is 12.7 Å². The fourth-order valence-electron chi connectivity index (χ4n) is 1.73. The van der Waals surface area contributed by atoms with Crippen LogP contribution in [0.2, 0.25) is 0 Å². The average molecular weight is 338 g/mol. The Labute approximate surface area is 124 Å². The van der Waals surface area contributed by atoms with Gasteiger partial charge in [-0.1, -0.05) is 0 Å². The Kier molecular flexibility index (Phi) is 4.39. The molecule has 0 saturated carbocycles. The summed E-state index contributed by atoms with van der Waals surface area (Å²) in [5.74, 6) is 0.0690. The van der Waals surface area contributed by atoms with Crippen LogP contribution in [-0.2, 0) is 0 Å². The summed E-state index contributed by atoms with van der Waals surface area (Å²) in [6.45, 7) is 1.62. The van der Waals surface area contributed by atoms with E-state index in [0.717, 1.165) is 4.47 Å². The molecule has 1 N–H and O–H groups in total. The monoisotopic (exact) mass is 337 g/mol.